The molecule has 1 rings (SSSR count). The fourth-order valence-corrected chi connectivity index (χ4v) is 3.12. The molecule has 0 amide bonds. The van der Waals surface area contributed by atoms with Crippen molar-refractivity contribution >= 4 is 11.6 Å². The zero-order valence-electron chi connectivity index (χ0n) is 14.0. The summed E-state index contributed by atoms with van der Waals surface area (Å²) in [6, 6.07) is 8.37. The Hall–Kier alpha value is -0.530. The van der Waals surface area contributed by atoms with Gasteiger partial charge in [0.2, 0.25) is 0 Å². The zero-order chi connectivity index (χ0) is 15.5. The molecule has 1 aromatic carbocycles. The molecule has 0 bridgehead atoms. The van der Waals surface area contributed by atoms with Crippen molar-refractivity contribution in [1.82, 2.24) is 5.32 Å². The lowest BCUT2D eigenvalue weighted by atomic mass is 9.85. The van der Waals surface area contributed by atoms with Gasteiger partial charge in [0.1, 0.15) is 0 Å². The van der Waals surface area contributed by atoms with E-state index in [1.807, 2.05) is 12.1 Å². The van der Waals surface area contributed by atoms with Crippen LogP contribution in [0.4, 0.5) is 0 Å². The van der Waals surface area contributed by atoms with Gasteiger partial charge in [0.25, 0.3) is 0 Å². The van der Waals surface area contributed by atoms with Crippen molar-refractivity contribution in [2.45, 2.75) is 59.3 Å². The van der Waals surface area contributed by atoms with Crippen LogP contribution in [0.15, 0.2) is 24.3 Å². The first kappa shape index (κ1) is 18.5. The molecule has 0 aliphatic carbocycles. The fourth-order valence-electron chi connectivity index (χ4n) is 2.99. The van der Waals surface area contributed by atoms with Gasteiger partial charge >= 0.3 is 0 Å². The van der Waals surface area contributed by atoms with E-state index in [1.54, 1.807) is 0 Å². The van der Waals surface area contributed by atoms with Crippen LogP contribution >= 0.6 is 11.6 Å². The molecule has 0 aromatic heterocycles. The van der Waals surface area contributed by atoms with Crippen LogP contribution in [0.1, 0.15) is 58.4 Å². The minimum Gasteiger partial charge on any atom is -0.317 e. The van der Waals surface area contributed by atoms with Gasteiger partial charge in [-0.25, -0.2) is 0 Å². The smallest absolute Gasteiger partial charge is 0.0406 e. The van der Waals surface area contributed by atoms with Crippen LogP contribution < -0.4 is 5.32 Å². The Morgan fingerprint density at radius 3 is 2.33 bits per heavy atom. The van der Waals surface area contributed by atoms with E-state index >= 15 is 0 Å². The Labute approximate surface area is 136 Å². The minimum absolute atomic E-state index is 0.730. The van der Waals surface area contributed by atoms with Crippen LogP contribution in [0.3, 0.4) is 0 Å². The number of hydrogen-bond acceptors (Lipinski definition) is 1. The Morgan fingerprint density at radius 1 is 1.05 bits per heavy atom. The number of hydrogen-bond donors (Lipinski definition) is 1. The van der Waals surface area contributed by atoms with E-state index in [1.165, 1.54) is 37.7 Å². The molecule has 2 atom stereocenters. The van der Waals surface area contributed by atoms with Crippen LogP contribution in [0.25, 0.3) is 0 Å². The molecule has 0 saturated carbocycles. The van der Waals surface area contributed by atoms with E-state index in [9.17, 15) is 0 Å². The zero-order valence-corrected chi connectivity index (χ0v) is 14.8. The lowest BCUT2D eigenvalue weighted by molar-refractivity contribution is 0.326. The summed E-state index contributed by atoms with van der Waals surface area (Å²) in [5.41, 5.74) is 1.41. The Kier molecular flexibility index (Phi) is 9.78. The highest BCUT2D eigenvalue weighted by Gasteiger charge is 2.15. The highest BCUT2D eigenvalue weighted by atomic mass is 35.5. The predicted molar refractivity (Wildman–Crippen MR) is 95.1 cm³/mol. The minimum atomic E-state index is 0.730. The number of benzene rings is 1. The maximum absolute atomic E-state index is 5.98. The fraction of sp³-hybridized carbons (Fsp3) is 0.684. The summed E-state index contributed by atoms with van der Waals surface area (Å²) < 4.78 is 0. The van der Waals surface area contributed by atoms with Gasteiger partial charge in [-0.05, 0) is 55.5 Å². The van der Waals surface area contributed by atoms with E-state index in [-0.39, 0.29) is 0 Å². The standard InChI is InChI=1S/C19H32ClN/c1-4-7-8-16(5-2)13-18(15-21-6-3)14-17-9-11-19(20)12-10-17/h9-12,16,18,21H,4-8,13-15H2,1-3H3. The summed E-state index contributed by atoms with van der Waals surface area (Å²) in [5.74, 6) is 1.61. The van der Waals surface area contributed by atoms with Crippen LogP contribution in [-0.2, 0) is 6.42 Å². The molecule has 1 N–H and O–H groups in total. The van der Waals surface area contributed by atoms with E-state index in [2.05, 4.69) is 38.2 Å². The highest BCUT2D eigenvalue weighted by Crippen LogP contribution is 2.24. The Bertz CT molecular complexity index is 360. The summed E-state index contributed by atoms with van der Waals surface area (Å²) in [6.07, 6.45) is 7.87. The molecule has 0 aliphatic heterocycles. The van der Waals surface area contributed by atoms with E-state index in [4.69, 9.17) is 11.6 Å². The van der Waals surface area contributed by atoms with E-state index < -0.39 is 0 Å². The maximum atomic E-state index is 5.98. The molecular weight excluding hydrogens is 278 g/mol. The largest absolute Gasteiger partial charge is 0.317 e. The molecule has 0 radical (unpaired) electrons. The van der Waals surface area contributed by atoms with Crippen LogP contribution in [0, 0.1) is 11.8 Å². The third-order valence-corrected chi connectivity index (χ3v) is 4.58. The summed E-state index contributed by atoms with van der Waals surface area (Å²) in [7, 11) is 0. The maximum Gasteiger partial charge on any atom is 0.0406 e. The number of rotatable bonds is 11. The average Bonchev–Trinajstić information content (AvgIpc) is 2.50. The second kappa shape index (κ2) is 11.1. The topological polar surface area (TPSA) is 12.0 Å². The summed E-state index contributed by atoms with van der Waals surface area (Å²) in [6.45, 7) is 9.00. The molecule has 2 unspecified atom stereocenters. The van der Waals surface area contributed by atoms with Crippen molar-refractivity contribution in [3.8, 4) is 0 Å². The molecule has 1 aromatic rings. The average molecular weight is 310 g/mol. The third kappa shape index (κ3) is 7.87. The summed E-state index contributed by atoms with van der Waals surface area (Å²) in [5, 5.41) is 4.37. The molecule has 120 valence electrons. The highest BCUT2D eigenvalue weighted by molar-refractivity contribution is 6.30. The number of unbranched alkanes of at least 4 members (excludes halogenated alkanes) is 1. The van der Waals surface area contributed by atoms with Crippen molar-refractivity contribution in [2.24, 2.45) is 11.8 Å². The van der Waals surface area contributed by atoms with Gasteiger partial charge in [0, 0.05) is 5.02 Å². The lowest BCUT2D eigenvalue weighted by Gasteiger charge is -2.23. The van der Waals surface area contributed by atoms with Gasteiger partial charge in [0.15, 0.2) is 0 Å². The van der Waals surface area contributed by atoms with Crippen molar-refractivity contribution < 1.29 is 0 Å². The summed E-state index contributed by atoms with van der Waals surface area (Å²) in [4.78, 5) is 0. The van der Waals surface area contributed by atoms with Crippen LogP contribution in [0.5, 0.6) is 0 Å². The molecule has 0 fully saturated rings. The summed E-state index contributed by atoms with van der Waals surface area (Å²) >= 11 is 5.98. The van der Waals surface area contributed by atoms with Crippen molar-refractivity contribution in [1.29, 1.82) is 0 Å². The van der Waals surface area contributed by atoms with Gasteiger partial charge in [0.05, 0.1) is 0 Å². The van der Waals surface area contributed by atoms with Crippen molar-refractivity contribution in [3.05, 3.63) is 34.9 Å². The SMILES string of the molecule is CCCCC(CC)CC(CNCC)Cc1ccc(Cl)cc1. The van der Waals surface area contributed by atoms with Gasteiger partial charge in [-0.3, -0.25) is 0 Å². The monoisotopic (exact) mass is 309 g/mol. The van der Waals surface area contributed by atoms with Crippen LogP contribution in [-0.4, -0.2) is 13.1 Å². The first-order valence-corrected chi connectivity index (χ1v) is 9.02. The number of nitrogens with one attached hydrogen (secondary N) is 1. The van der Waals surface area contributed by atoms with Crippen LogP contribution in [0.2, 0.25) is 5.02 Å². The normalized spacial score (nSPS) is 14.1. The molecule has 0 spiro atoms. The second-order valence-corrected chi connectivity index (χ2v) is 6.59. The van der Waals surface area contributed by atoms with Gasteiger partial charge in [-0.1, -0.05) is 70.2 Å². The van der Waals surface area contributed by atoms with Gasteiger partial charge in [-0.2, -0.15) is 0 Å². The Balaban J connectivity index is 2.58. The van der Waals surface area contributed by atoms with E-state index in [0.717, 1.165) is 36.4 Å². The van der Waals surface area contributed by atoms with Gasteiger partial charge < -0.3 is 5.32 Å². The van der Waals surface area contributed by atoms with Crippen molar-refractivity contribution in [3.63, 3.8) is 0 Å². The molecule has 1 nitrogen and oxygen atoms in total. The van der Waals surface area contributed by atoms with Gasteiger partial charge in [-0.15, -0.1) is 0 Å². The molecular formula is C19H32ClN. The first-order valence-electron chi connectivity index (χ1n) is 8.64. The molecule has 0 aliphatic rings. The van der Waals surface area contributed by atoms with Crippen molar-refractivity contribution in [2.75, 3.05) is 13.1 Å². The third-order valence-electron chi connectivity index (χ3n) is 4.33. The first-order chi connectivity index (χ1) is 10.2. The number of halogens is 1. The lowest BCUT2D eigenvalue weighted by Crippen LogP contribution is -2.26. The second-order valence-electron chi connectivity index (χ2n) is 6.16. The molecule has 21 heavy (non-hydrogen) atoms. The predicted octanol–water partition coefficient (Wildman–Crippen LogP) is 5.71. The quantitative estimate of drug-likeness (QED) is 0.551. The molecule has 0 heterocycles. The molecule has 2 heteroatoms. The molecule has 0 saturated heterocycles. The Morgan fingerprint density at radius 2 is 1.76 bits per heavy atom. The van der Waals surface area contributed by atoms with E-state index in [0.29, 0.717) is 0 Å².